The smallest absolute Gasteiger partial charge is 0.252 e. The van der Waals surface area contributed by atoms with Gasteiger partial charge in [-0.2, -0.15) is 5.10 Å². The third kappa shape index (κ3) is 4.22. The molecule has 6 aromatic rings. The van der Waals surface area contributed by atoms with Crippen LogP contribution < -0.4 is 15.8 Å². The molecule has 7 rings (SSSR count). The Balaban J connectivity index is 1.29. The van der Waals surface area contributed by atoms with E-state index in [2.05, 4.69) is 32.5 Å². The molecule has 0 unspecified atom stereocenters. The second kappa shape index (κ2) is 10.1. The molecule has 0 aliphatic heterocycles. The molecule has 1 atom stereocenters. The highest BCUT2D eigenvalue weighted by Gasteiger charge is 2.27. The molecule has 1 aliphatic carbocycles. The van der Waals surface area contributed by atoms with E-state index in [1.54, 1.807) is 36.4 Å². The SMILES string of the molecule is COc1nccc(C(=O)N[C@H]2CCc3cc(-n4c(-c5cccnc5N)nc5ccc(-n6cccn6)nc54)ccc32)c1C. The molecule has 0 bridgehead atoms. The minimum Gasteiger partial charge on any atom is -0.481 e. The summed E-state index contributed by atoms with van der Waals surface area (Å²) in [6.45, 7) is 1.84. The summed E-state index contributed by atoms with van der Waals surface area (Å²) >= 11 is 0. The van der Waals surface area contributed by atoms with Gasteiger partial charge in [0.25, 0.3) is 5.91 Å². The molecule has 3 N–H and O–H groups in total. The van der Waals surface area contributed by atoms with Gasteiger partial charge in [0.05, 0.1) is 18.7 Å². The first-order valence-corrected chi connectivity index (χ1v) is 13.6. The molecule has 0 radical (unpaired) electrons. The topological polar surface area (TPSA) is 139 Å². The zero-order chi connectivity index (χ0) is 28.8. The third-order valence-corrected chi connectivity index (χ3v) is 7.67. The predicted octanol–water partition coefficient (Wildman–Crippen LogP) is 4.38. The van der Waals surface area contributed by atoms with E-state index in [-0.39, 0.29) is 11.9 Å². The highest BCUT2D eigenvalue weighted by molar-refractivity contribution is 5.96. The number of nitrogens with zero attached hydrogens (tertiary/aromatic N) is 7. The normalized spacial score (nSPS) is 14.2. The van der Waals surface area contributed by atoms with Crippen LogP contribution in [0.1, 0.15) is 39.5 Å². The summed E-state index contributed by atoms with van der Waals surface area (Å²) in [5.74, 6) is 1.99. The van der Waals surface area contributed by atoms with E-state index in [0.29, 0.717) is 45.7 Å². The minimum atomic E-state index is -0.152. The molecule has 11 nitrogen and oxygen atoms in total. The highest BCUT2D eigenvalue weighted by Crippen LogP contribution is 2.36. The molecule has 0 spiro atoms. The van der Waals surface area contributed by atoms with E-state index in [4.69, 9.17) is 20.4 Å². The third-order valence-electron chi connectivity index (χ3n) is 7.67. The van der Waals surface area contributed by atoms with E-state index in [1.807, 2.05) is 54.1 Å². The van der Waals surface area contributed by atoms with Crippen LogP contribution in [0, 0.1) is 6.92 Å². The fraction of sp³-hybridized carbons (Fsp3) is 0.161. The van der Waals surface area contributed by atoms with Gasteiger partial charge in [-0.1, -0.05) is 6.07 Å². The van der Waals surface area contributed by atoms with Gasteiger partial charge in [-0.15, -0.1) is 0 Å². The Morgan fingerprint density at radius 3 is 2.76 bits per heavy atom. The van der Waals surface area contributed by atoms with Crippen LogP contribution in [-0.2, 0) is 6.42 Å². The van der Waals surface area contributed by atoms with Crippen molar-refractivity contribution in [2.75, 3.05) is 12.8 Å². The number of methoxy groups -OCH3 is 1. The standard InChI is InChI=1S/C31H27N9O2/c1-18-21(12-15-34-31(18)42-2)30(41)37-24-9-6-19-17-20(7-8-22(19)24)40-28(23-5-3-13-33-27(23)32)36-25-10-11-26(38-29(25)40)39-16-4-14-35-39/h3-5,7-8,10-17,24H,6,9H2,1-2H3,(H2,32,33)(H,37,41)/t24-/m0/s1. The maximum absolute atomic E-state index is 13.2. The lowest BCUT2D eigenvalue weighted by atomic mass is 10.1. The monoisotopic (exact) mass is 557 g/mol. The predicted molar refractivity (Wildman–Crippen MR) is 158 cm³/mol. The van der Waals surface area contributed by atoms with Crippen LogP contribution in [-0.4, -0.2) is 47.3 Å². The van der Waals surface area contributed by atoms with Gasteiger partial charge in [0.2, 0.25) is 5.88 Å². The van der Waals surface area contributed by atoms with Gasteiger partial charge in [-0.3, -0.25) is 9.36 Å². The molecule has 0 saturated heterocycles. The number of carbonyl (C=O) groups is 1. The minimum absolute atomic E-state index is 0.113. The number of hydrogen-bond donors (Lipinski definition) is 2. The Labute approximate surface area is 241 Å². The van der Waals surface area contributed by atoms with Crippen molar-refractivity contribution in [1.82, 2.24) is 39.6 Å². The zero-order valence-corrected chi connectivity index (χ0v) is 23.0. The van der Waals surface area contributed by atoms with E-state index in [1.165, 1.54) is 0 Å². The molecule has 1 aliphatic rings. The van der Waals surface area contributed by atoms with Crippen LogP contribution in [0.4, 0.5) is 5.82 Å². The van der Waals surface area contributed by atoms with Crippen LogP contribution in [0.3, 0.4) is 0 Å². The summed E-state index contributed by atoms with van der Waals surface area (Å²) < 4.78 is 9.02. The van der Waals surface area contributed by atoms with E-state index >= 15 is 0 Å². The van der Waals surface area contributed by atoms with Gasteiger partial charge in [-0.25, -0.2) is 24.6 Å². The molecular weight excluding hydrogens is 530 g/mol. The van der Waals surface area contributed by atoms with Crippen molar-refractivity contribution in [3.8, 4) is 28.8 Å². The Morgan fingerprint density at radius 2 is 1.95 bits per heavy atom. The first kappa shape index (κ1) is 25.4. The summed E-state index contributed by atoms with van der Waals surface area (Å²) in [6.07, 6.45) is 8.42. The number of imidazole rings is 1. The molecule has 5 heterocycles. The number of nitrogens with one attached hydrogen (secondary N) is 1. The number of amides is 1. The molecule has 0 fully saturated rings. The van der Waals surface area contributed by atoms with Gasteiger partial charge in [0.15, 0.2) is 17.3 Å². The summed E-state index contributed by atoms with van der Waals surface area (Å²) in [5.41, 5.74) is 12.8. The van der Waals surface area contributed by atoms with Crippen molar-refractivity contribution in [1.29, 1.82) is 0 Å². The number of ether oxygens (including phenoxy) is 1. The molecule has 11 heteroatoms. The fourth-order valence-electron chi connectivity index (χ4n) is 5.61. The van der Waals surface area contributed by atoms with Crippen LogP contribution in [0.15, 0.2) is 79.4 Å². The van der Waals surface area contributed by atoms with Gasteiger partial charge >= 0.3 is 0 Å². The van der Waals surface area contributed by atoms with Crippen LogP contribution >= 0.6 is 0 Å². The number of fused-ring (bicyclic) bond motifs is 2. The Hall–Kier alpha value is -5.58. The van der Waals surface area contributed by atoms with Crippen molar-refractivity contribution >= 4 is 22.9 Å². The Bertz CT molecular complexity index is 1960. The number of nitrogens with two attached hydrogens (primary N) is 1. The number of aromatic nitrogens is 7. The second-order valence-corrected chi connectivity index (χ2v) is 10.1. The van der Waals surface area contributed by atoms with Gasteiger partial charge in [0.1, 0.15) is 11.3 Å². The highest BCUT2D eigenvalue weighted by atomic mass is 16.5. The quantitative estimate of drug-likeness (QED) is 0.308. The van der Waals surface area contributed by atoms with Crippen LogP contribution in [0.25, 0.3) is 34.1 Å². The maximum Gasteiger partial charge on any atom is 0.252 e. The van der Waals surface area contributed by atoms with Gasteiger partial charge in [0, 0.05) is 41.6 Å². The van der Waals surface area contributed by atoms with Crippen molar-refractivity contribution in [3.63, 3.8) is 0 Å². The number of aryl methyl sites for hydroxylation is 1. The number of pyridine rings is 3. The summed E-state index contributed by atoms with van der Waals surface area (Å²) in [5, 5.41) is 7.55. The molecule has 42 heavy (non-hydrogen) atoms. The summed E-state index contributed by atoms with van der Waals surface area (Å²) in [4.78, 5) is 31.6. The molecule has 1 amide bonds. The van der Waals surface area contributed by atoms with Crippen LogP contribution in [0.5, 0.6) is 5.88 Å². The average Bonchev–Trinajstić information content (AvgIpc) is 3.76. The summed E-state index contributed by atoms with van der Waals surface area (Å²) in [6, 6.07) is 17.3. The van der Waals surface area contributed by atoms with E-state index < -0.39 is 0 Å². The lowest BCUT2D eigenvalue weighted by Crippen LogP contribution is -2.28. The molecule has 5 aromatic heterocycles. The number of hydrogen-bond acceptors (Lipinski definition) is 8. The number of rotatable bonds is 6. The first-order valence-electron chi connectivity index (χ1n) is 13.6. The molecule has 208 valence electrons. The Kier molecular flexibility index (Phi) is 6.11. The lowest BCUT2D eigenvalue weighted by Gasteiger charge is -2.17. The maximum atomic E-state index is 13.2. The van der Waals surface area contributed by atoms with Crippen molar-refractivity contribution in [2.24, 2.45) is 0 Å². The lowest BCUT2D eigenvalue weighted by molar-refractivity contribution is 0.0935. The van der Waals surface area contributed by atoms with Crippen molar-refractivity contribution in [3.05, 3.63) is 102 Å². The average molecular weight is 558 g/mol. The fourth-order valence-corrected chi connectivity index (χ4v) is 5.61. The number of carbonyl (C=O) groups excluding carboxylic acids is 1. The Morgan fingerprint density at radius 1 is 1.05 bits per heavy atom. The second-order valence-electron chi connectivity index (χ2n) is 10.1. The first-order chi connectivity index (χ1) is 20.5. The van der Waals surface area contributed by atoms with E-state index in [9.17, 15) is 4.79 Å². The number of nitrogen functional groups attached to an aromatic ring is 1. The van der Waals surface area contributed by atoms with Gasteiger partial charge in [-0.05, 0) is 79.4 Å². The van der Waals surface area contributed by atoms with Crippen LogP contribution in [0.2, 0.25) is 0 Å². The number of benzene rings is 1. The molecular formula is C31H27N9O2. The largest absolute Gasteiger partial charge is 0.481 e. The van der Waals surface area contributed by atoms with Gasteiger partial charge < -0.3 is 15.8 Å². The zero-order valence-electron chi connectivity index (χ0n) is 23.0. The summed E-state index contributed by atoms with van der Waals surface area (Å²) in [7, 11) is 1.55. The van der Waals surface area contributed by atoms with E-state index in [0.717, 1.165) is 35.2 Å². The van der Waals surface area contributed by atoms with Crippen molar-refractivity contribution in [2.45, 2.75) is 25.8 Å². The number of anilines is 1. The molecule has 0 saturated carbocycles. The molecule has 1 aromatic carbocycles. The van der Waals surface area contributed by atoms with Crippen molar-refractivity contribution < 1.29 is 9.53 Å².